The maximum absolute atomic E-state index is 12.7. The van der Waals surface area contributed by atoms with Crippen molar-refractivity contribution in [3.05, 3.63) is 11.8 Å². The molecule has 118 valence electrons. The number of carbonyl (C=O) groups is 1. The van der Waals surface area contributed by atoms with Crippen LogP contribution in [0.2, 0.25) is 0 Å². The second-order valence-electron chi connectivity index (χ2n) is 4.89. The Labute approximate surface area is 124 Å². The monoisotopic (exact) mass is 316 g/mol. The molecular weight excluding hydrogens is 296 g/mol. The van der Waals surface area contributed by atoms with Crippen LogP contribution < -0.4 is 0 Å². The summed E-state index contributed by atoms with van der Waals surface area (Å²) in [6.07, 6.45) is 1.94. The van der Waals surface area contributed by atoms with Crippen molar-refractivity contribution in [3.8, 4) is 0 Å². The lowest BCUT2D eigenvalue weighted by molar-refractivity contribution is 0.0521. The van der Waals surface area contributed by atoms with Gasteiger partial charge in [0.2, 0.25) is 0 Å². The minimum atomic E-state index is -3.77. The SMILES string of the molecule is CCOC(=O)c1cn[nH]c1S(=O)(=O)N1CCCN(C)CC1. The van der Waals surface area contributed by atoms with Crippen LogP contribution in [0.15, 0.2) is 11.2 Å². The van der Waals surface area contributed by atoms with Crippen LogP contribution in [-0.2, 0) is 14.8 Å². The fourth-order valence-corrected chi connectivity index (χ4v) is 3.75. The number of hydrogen-bond donors (Lipinski definition) is 1. The first kappa shape index (κ1) is 15.9. The lowest BCUT2D eigenvalue weighted by Gasteiger charge is -2.19. The number of ether oxygens (including phenoxy) is 1. The summed E-state index contributed by atoms with van der Waals surface area (Å²) in [5.41, 5.74) is -0.0468. The Morgan fingerprint density at radius 1 is 1.38 bits per heavy atom. The Morgan fingerprint density at radius 2 is 2.14 bits per heavy atom. The molecule has 0 atom stereocenters. The van der Waals surface area contributed by atoms with Crippen LogP contribution in [0, 0.1) is 0 Å². The molecule has 0 aromatic carbocycles. The van der Waals surface area contributed by atoms with Gasteiger partial charge in [0, 0.05) is 19.6 Å². The molecule has 0 aliphatic carbocycles. The molecule has 0 unspecified atom stereocenters. The number of H-pyrrole nitrogens is 1. The lowest BCUT2D eigenvalue weighted by Crippen LogP contribution is -2.35. The Balaban J connectivity index is 2.27. The highest BCUT2D eigenvalue weighted by atomic mass is 32.2. The zero-order chi connectivity index (χ0) is 15.5. The number of nitrogens with one attached hydrogen (secondary N) is 1. The lowest BCUT2D eigenvalue weighted by atomic mass is 10.4. The van der Waals surface area contributed by atoms with E-state index in [0.29, 0.717) is 19.6 Å². The molecule has 1 saturated heterocycles. The standard InChI is InChI=1S/C12H20N4O4S/c1-3-20-12(17)10-9-13-14-11(10)21(18,19)16-6-4-5-15(2)7-8-16/h9H,3-8H2,1-2H3,(H,13,14). The summed E-state index contributed by atoms with van der Waals surface area (Å²) in [5.74, 6) is -0.684. The smallest absolute Gasteiger partial charge is 0.342 e. The largest absolute Gasteiger partial charge is 0.462 e. The molecular formula is C12H20N4O4S. The number of aromatic nitrogens is 2. The number of hydrogen-bond acceptors (Lipinski definition) is 6. The first-order valence-electron chi connectivity index (χ1n) is 6.86. The van der Waals surface area contributed by atoms with Crippen molar-refractivity contribution < 1.29 is 17.9 Å². The summed E-state index contributed by atoms with van der Waals surface area (Å²) in [7, 11) is -1.82. The number of likely N-dealkylation sites (N-methyl/N-ethyl adjacent to an activating group) is 1. The van der Waals surface area contributed by atoms with Crippen LogP contribution in [0.1, 0.15) is 23.7 Å². The van der Waals surface area contributed by atoms with Gasteiger partial charge in [-0.2, -0.15) is 9.40 Å². The quantitative estimate of drug-likeness (QED) is 0.780. The highest BCUT2D eigenvalue weighted by molar-refractivity contribution is 7.89. The van der Waals surface area contributed by atoms with E-state index in [9.17, 15) is 13.2 Å². The van der Waals surface area contributed by atoms with Gasteiger partial charge in [0.15, 0.2) is 5.03 Å². The van der Waals surface area contributed by atoms with E-state index in [1.807, 2.05) is 7.05 Å². The number of rotatable bonds is 4. The van der Waals surface area contributed by atoms with E-state index in [2.05, 4.69) is 15.1 Å². The molecule has 2 rings (SSSR count). The van der Waals surface area contributed by atoms with Gasteiger partial charge in [-0.1, -0.05) is 0 Å². The van der Waals surface area contributed by atoms with Gasteiger partial charge in [0.05, 0.1) is 12.8 Å². The molecule has 8 nitrogen and oxygen atoms in total. The first-order valence-corrected chi connectivity index (χ1v) is 8.30. The summed E-state index contributed by atoms with van der Waals surface area (Å²) in [6.45, 7) is 4.16. The highest BCUT2D eigenvalue weighted by Gasteiger charge is 2.32. The van der Waals surface area contributed by atoms with Gasteiger partial charge >= 0.3 is 5.97 Å². The third-order valence-corrected chi connectivity index (χ3v) is 5.25. The summed E-state index contributed by atoms with van der Waals surface area (Å²) < 4.78 is 31.6. The molecule has 1 N–H and O–H groups in total. The van der Waals surface area contributed by atoms with Crippen molar-refractivity contribution in [2.75, 3.05) is 39.8 Å². The van der Waals surface area contributed by atoms with Crippen LogP contribution in [0.25, 0.3) is 0 Å². The van der Waals surface area contributed by atoms with Crippen LogP contribution in [0.5, 0.6) is 0 Å². The molecule has 0 saturated carbocycles. The minimum Gasteiger partial charge on any atom is -0.462 e. The molecule has 0 bridgehead atoms. The van der Waals surface area contributed by atoms with Crippen molar-refractivity contribution in [1.29, 1.82) is 0 Å². The van der Waals surface area contributed by atoms with E-state index < -0.39 is 16.0 Å². The molecule has 9 heteroatoms. The van der Waals surface area contributed by atoms with Gasteiger partial charge < -0.3 is 9.64 Å². The van der Waals surface area contributed by atoms with E-state index >= 15 is 0 Å². The molecule has 2 heterocycles. The average molecular weight is 316 g/mol. The Kier molecular flexibility index (Phi) is 4.96. The third kappa shape index (κ3) is 3.42. The van der Waals surface area contributed by atoms with Crippen LogP contribution in [0.3, 0.4) is 0 Å². The molecule has 1 aliphatic rings. The maximum Gasteiger partial charge on any atom is 0.342 e. The maximum atomic E-state index is 12.7. The predicted molar refractivity (Wildman–Crippen MR) is 75.4 cm³/mol. The Morgan fingerprint density at radius 3 is 2.86 bits per heavy atom. The average Bonchev–Trinajstić information content (AvgIpc) is 2.83. The second kappa shape index (κ2) is 6.54. The van der Waals surface area contributed by atoms with Crippen molar-refractivity contribution >= 4 is 16.0 Å². The van der Waals surface area contributed by atoms with E-state index in [-0.39, 0.29) is 17.2 Å². The third-order valence-electron chi connectivity index (χ3n) is 3.38. The number of nitrogens with zero attached hydrogens (tertiary/aromatic N) is 3. The van der Waals surface area contributed by atoms with Crippen molar-refractivity contribution in [3.63, 3.8) is 0 Å². The van der Waals surface area contributed by atoms with Gasteiger partial charge in [0.25, 0.3) is 10.0 Å². The summed E-state index contributed by atoms with van der Waals surface area (Å²) in [6, 6.07) is 0. The Hall–Kier alpha value is -1.45. The predicted octanol–water partition coefficient (Wildman–Crippen LogP) is -0.0874. The van der Waals surface area contributed by atoms with E-state index in [0.717, 1.165) is 13.0 Å². The van der Waals surface area contributed by atoms with Gasteiger partial charge in [0.1, 0.15) is 5.56 Å². The normalized spacial score (nSPS) is 18.4. The molecule has 0 amide bonds. The van der Waals surface area contributed by atoms with Gasteiger partial charge in [-0.25, -0.2) is 13.2 Å². The molecule has 21 heavy (non-hydrogen) atoms. The van der Waals surface area contributed by atoms with Gasteiger partial charge in [-0.15, -0.1) is 0 Å². The van der Waals surface area contributed by atoms with Crippen molar-refractivity contribution in [2.45, 2.75) is 18.4 Å². The zero-order valence-corrected chi connectivity index (χ0v) is 13.0. The summed E-state index contributed by atoms with van der Waals surface area (Å²) >= 11 is 0. The molecule has 0 radical (unpaired) electrons. The minimum absolute atomic E-state index is 0.0468. The van der Waals surface area contributed by atoms with E-state index in [1.54, 1.807) is 6.92 Å². The fraction of sp³-hybridized carbons (Fsp3) is 0.667. The topological polar surface area (TPSA) is 95.6 Å². The molecule has 1 aliphatic heterocycles. The van der Waals surface area contributed by atoms with Crippen LogP contribution in [-0.4, -0.2) is 73.6 Å². The number of carbonyl (C=O) groups excluding carboxylic acids is 1. The molecule has 1 aromatic rings. The van der Waals surface area contributed by atoms with Crippen LogP contribution in [0.4, 0.5) is 0 Å². The Bertz CT molecular complexity index is 598. The fourth-order valence-electron chi connectivity index (χ4n) is 2.22. The highest BCUT2D eigenvalue weighted by Crippen LogP contribution is 2.19. The van der Waals surface area contributed by atoms with Crippen LogP contribution >= 0.6 is 0 Å². The molecule has 1 fully saturated rings. The number of esters is 1. The number of sulfonamides is 1. The number of aromatic amines is 1. The summed E-state index contributed by atoms with van der Waals surface area (Å²) in [5, 5.41) is 5.91. The zero-order valence-electron chi connectivity index (χ0n) is 12.2. The van der Waals surface area contributed by atoms with E-state index in [4.69, 9.17) is 4.74 Å². The molecule has 1 aromatic heterocycles. The second-order valence-corrected chi connectivity index (χ2v) is 6.77. The van der Waals surface area contributed by atoms with Gasteiger partial charge in [-0.3, -0.25) is 5.10 Å². The van der Waals surface area contributed by atoms with Crippen molar-refractivity contribution in [1.82, 2.24) is 19.4 Å². The molecule has 0 spiro atoms. The summed E-state index contributed by atoms with van der Waals surface area (Å²) in [4.78, 5) is 13.9. The first-order chi connectivity index (χ1) is 9.96. The van der Waals surface area contributed by atoms with E-state index in [1.165, 1.54) is 10.5 Å². The van der Waals surface area contributed by atoms with Crippen molar-refractivity contribution in [2.24, 2.45) is 0 Å². The van der Waals surface area contributed by atoms with Gasteiger partial charge in [-0.05, 0) is 26.9 Å².